The summed E-state index contributed by atoms with van der Waals surface area (Å²) >= 11 is 0. The molecular weight excluding hydrogens is 391 g/mol. The maximum Gasteiger partial charge on any atom is 0.244 e. The van der Waals surface area contributed by atoms with E-state index in [1.54, 1.807) is 18.2 Å². The lowest BCUT2D eigenvalue weighted by molar-refractivity contribution is 0.378. The summed E-state index contributed by atoms with van der Waals surface area (Å²) in [6, 6.07) is 17.0. The third-order valence-electron chi connectivity index (χ3n) is 6.43. The lowest BCUT2D eigenvalue weighted by atomic mass is 9.82. The van der Waals surface area contributed by atoms with Crippen LogP contribution >= 0.6 is 0 Å². The van der Waals surface area contributed by atoms with Crippen molar-refractivity contribution >= 4 is 0 Å². The third-order valence-corrected chi connectivity index (χ3v) is 6.43. The highest BCUT2D eigenvalue weighted by atomic mass is 19.1. The van der Waals surface area contributed by atoms with Gasteiger partial charge in [-0.25, -0.2) is 4.39 Å². The maximum absolute atomic E-state index is 14.8. The van der Waals surface area contributed by atoms with Gasteiger partial charge in [0.25, 0.3) is 0 Å². The molecule has 1 aliphatic carbocycles. The molecule has 5 rings (SSSR count). The summed E-state index contributed by atoms with van der Waals surface area (Å²) in [5.41, 5.74) is 10.1. The molecule has 156 valence electrons. The summed E-state index contributed by atoms with van der Waals surface area (Å²) in [5, 5.41) is 17.1. The maximum atomic E-state index is 14.8. The van der Waals surface area contributed by atoms with Crippen LogP contribution in [0.1, 0.15) is 60.6 Å². The number of nitriles is 1. The van der Waals surface area contributed by atoms with E-state index in [1.165, 1.54) is 43.7 Å². The Balaban J connectivity index is 1.59. The number of halogens is 1. The van der Waals surface area contributed by atoms with Crippen molar-refractivity contribution in [3.05, 3.63) is 82.5 Å². The van der Waals surface area contributed by atoms with E-state index in [4.69, 9.17) is 10.5 Å². The van der Waals surface area contributed by atoms with Gasteiger partial charge in [-0.05, 0) is 30.4 Å². The average Bonchev–Trinajstić information content (AvgIpc) is 3.23. The zero-order valence-electron chi connectivity index (χ0n) is 17.1. The minimum atomic E-state index is -0.693. The van der Waals surface area contributed by atoms with E-state index in [-0.39, 0.29) is 17.3 Å². The van der Waals surface area contributed by atoms with E-state index in [2.05, 4.69) is 40.5 Å². The van der Waals surface area contributed by atoms with Crippen LogP contribution in [0, 0.1) is 17.1 Å². The molecule has 0 spiro atoms. The number of nitrogens with one attached hydrogen (secondary N) is 1. The number of ether oxygens (including phenoxy) is 1. The normalized spacial score (nSPS) is 18.9. The van der Waals surface area contributed by atoms with E-state index in [0.717, 1.165) is 5.56 Å². The Bertz CT molecular complexity index is 1180. The van der Waals surface area contributed by atoms with Crippen LogP contribution in [0.3, 0.4) is 0 Å². The Morgan fingerprint density at radius 2 is 1.81 bits per heavy atom. The van der Waals surface area contributed by atoms with Crippen LogP contribution in [0.15, 0.2) is 60.0 Å². The van der Waals surface area contributed by atoms with Gasteiger partial charge < -0.3 is 10.5 Å². The van der Waals surface area contributed by atoms with Crippen LogP contribution in [0.4, 0.5) is 4.39 Å². The second-order valence-electron chi connectivity index (χ2n) is 8.22. The summed E-state index contributed by atoms with van der Waals surface area (Å²) in [6.45, 7) is 0. The van der Waals surface area contributed by atoms with E-state index < -0.39 is 11.7 Å². The fourth-order valence-electron chi connectivity index (χ4n) is 4.84. The molecule has 1 aliphatic heterocycles. The first-order chi connectivity index (χ1) is 15.2. The van der Waals surface area contributed by atoms with Crippen LogP contribution < -0.4 is 10.5 Å². The Kier molecular flexibility index (Phi) is 4.95. The van der Waals surface area contributed by atoms with Crippen LogP contribution in [0.5, 0.6) is 5.88 Å². The van der Waals surface area contributed by atoms with Gasteiger partial charge in [0.15, 0.2) is 0 Å². The molecule has 0 bridgehead atoms. The van der Waals surface area contributed by atoms with Crippen LogP contribution in [0.25, 0.3) is 11.3 Å². The first-order valence-electron chi connectivity index (χ1n) is 10.7. The number of fused-ring (bicyclic) bond motifs is 1. The van der Waals surface area contributed by atoms with Gasteiger partial charge in [0.05, 0.1) is 17.2 Å². The van der Waals surface area contributed by atoms with Gasteiger partial charge in [-0.1, -0.05) is 61.7 Å². The zero-order chi connectivity index (χ0) is 21.4. The minimum Gasteiger partial charge on any atom is -0.420 e. The molecule has 2 heterocycles. The molecule has 0 amide bonds. The highest BCUT2D eigenvalue weighted by Crippen LogP contribution is 2.46. The van der Waals surface area contributed by atoms with Gasteiger partial charge in [-0.3, -0.25) is 5.10 Å². The van der Waals surface area contributed by atoms with Crippen LogP contribution in [-0.4, -0.2) is 10.2 Å². The number of aromatic amines is 1. The van der Waals surface area contributed by atoms with E-state index in [1.807, 2.05) is 0 Å². The summed E-state index contributed by atoms with van der Waals surface area (Å²) in [4.78, 5) is 0. The summed E-state index contributed by atoms with van der Waals surface area (Å²) in [7, 11) is 0. The molecule has 6 heteroatoms. The second-order valence-corrected chi connectivity index (χ2v) is 8.22. The van der Waals surface area contributed by atoms with Crippen molar-refractivity contribution in [3.8, 4) is 23.2 Å². The number of benzene rings is 2. The number of rotatable bonds is 3. The van der Waals surface area contributed by atoms with Crippen molar-refractivity contribution in [3.63, 3.8) is 0 Å². The lowest BCUT2D eigenvalue weighted by Crippen LogP contribution is -2.21. The largest absolute Gasteiger partial charge is 0.420 e. The molecular formula is C25H23FN4O. The van der Waals surface area contributed by atoms with E-state index >= 15 is 0 Å². The Hall–Kier alpha value is -3.59. The highest BCUT2D eigenvalue weighted by molar-refractivity contribution is 5.71. The highest BCUT2D eigenvalue weighted by Gasteiger charge is 2.36. The molecule has 1 fully saturated rings. The van der Waals surface area contributed by atoms with Crippen molar-refractivity contribution in [1.82, 2.24) is 10.2 Å². The average molecular weight is 414 g/mol. The molecule has 3 N–H and O–H groups in total. The number of H-pyrrole nitrogens is 1. The molecule has 1 saturated carbocycles. The molecule has 5 nitrogen and oxygen atoms in total. The summed E-state index contributed by atoms with van der Waals surface area (Å²) in [5.74, 6) is -0.256. The molecule has 1 aromatic heterocycles. The van der Waals surface area contributed by atoms with Crippen molar-refractivity contribution in [2.24, 2.45) is 5.73 Å². The molecule has 2 aromatic carbocycles. The number of allylic oxidation sites excluding steroid dienone is 1. The minimum absolute atomic E-state index is 0.0473. The van der Waals surface area contributed by atoms with Crippen molar-refractivity contribution in [1.29, 1.82) is 5.26 Å². The van der Waals surface area contributed by atoms with Crippen LogP contribution in [-0.2, 0) is 0 Å². The van der Waals surface area contributed by atoms with Gasteiger partial charge in [0.1, 0.15) is 17.5 Å². The van der Waals surface area contributed by atoms with Gasteiger partial charge >= 0.3 is 0 Å². The van der Waals surface area contributed by atoms with Gasteiger partial charge in [-0.15, -0.1) is 5.10 Å². The molecule has 31 heavy (non-hydrogen) atoms. The molecule has 3 aromatic rings. The topological polar surface area (TPSA) is 87.7 Å². The van der Waals surface area contributed by atoms with E-state index in [0.29, 0.717) is 22.7 Å². The van der Waals surface area contributed by atoms with Gasteiger partial charge in [0.2, 0.25) is 11.8 Å². The third kappa shape index (κ3) is 3.36. The molecule has 2 aliphatic rings. The smallest absolute Gasteiger partial charge is 0.244 e. The number of aromatic nitrogens is 2. The fraction of sp³-hybridized carbons (Fsp3) is 0.280. The Morgan fingerprint density at radius 1 is 1.06 bits per heavy atom. The quantitative estimate of drug-likeness (QED) is 0.594. The second kappa shape index (κ2) is 7.92. The lowest BCUT2D eigenvalue weighted by Gasteiger charge is -2.24. The van der Waals surface area contributed by atoms with Gasteiger partial charge in [-0.2, -0.15) is 5.26 Å². The zero-order valence-corrected chi connectivity index (χ0v) is 17.1. The van der Waals surface area contributed by atoms with Crippen molar-refractivity contribution in [2.75, 3.05) is 0 Å². The predicted molar refractivity (Wildman–Crippen MR) is 116 cm³/mol. The summed E-state index contributed by atoms with van der Waals surface area (Å²) in [6.07, 6.45) is 6.36. The number of nitrogens with two attached hydrogens (primary N) is 1. The summed E-state index contributed by atoms with van der Waals surface area (Å²) < 4.78 is 20.4. The SMILES string of the molecule is N#CC1=C(N)Oc2n[nH]c(-c3ccc(C4CCCCC4)cc3)c2[C@H]1c1ccccc1F. The Morgan fingerprint density at radius 3 is 2.52 bits per heavy atom. The Labute approximate surface area is 180 Å². The number of hydrogen-bond acceptors (Lipinski definition) is 4. The fourth-order valence-corrected chi connectivity index (χ4v) is 4.84. The van der Waals surface area contributed by atoms with Gasteiger partial charge in [0, 0.05) is 11.1 Å². The first-order valence-corrected chi connectivity index (χ1v) is 10.7. The first kappa shape index (κ1) is 19.4. The van der Waals surface area contributed by atoms with Crippen LogP contribution in [0.2, 0.25) is 0 Å². The molecule has 0 radical (unpaired) electrons. The van der Waals surface area contributed by atoms with Crippen molar-refractivity contribution in [2.45, 2.75) is 43.9 Å². The number of nitrogens with zero attached hydrogens (tertiary/aromatic N) is 2. The number of hydrogen-bond donors (Lipinski definition) is 2. The molecule has 0 saturated heterocycles. The van der Waals surface area contributed by atoms with Crippen molar-refractivity contribution < 1.29 is 9.13 Å². The van der Waals surface area contributed by atoms with E-state index in [9.17, 15) is 9.65 Å². The molecule has 0 unspecified atom stereocenters. The molecule has 1 atom stereocenters. The monoisotopic (exact) mass is 414 g/mol. The standard InChI is InChI=1S/C25H23FN4O/c26-20-9-5-4-8-18(20)21-19(14-27)24(28)31-25-22(21)23(29-30-25)17-12-10-16(11-13-17)15-6-2-1-3-7-15/h4-5,8-13,15,21H,1-3,6-7,28H2,(H,29,30)/t21-/m0/s1. The predicted octanol–water partition coefficient (Wildman–Crippen LogP) is 5.48.